The molecule has 0 N–H and O–H groups in total. The Balaban J connectivity index is 2.64. The number of carbonyl (C=O) groups excluding carboxylic acids is 1. The highest BCUT2D eigenvalue weighted by atomic mass is 16.5. The van der Waals surface area contributed by atoms with Gasteiger partial charge in [0, 0.05) is 6.42 Å². The first kappa shape index (κ1) is 14.2. The fourth-order valence-electron chi connectivity index (χ4n) is 1.48. The maximum Gasteiger partial charge on any atom is 0.308 e. The summed E-state index contributed by atoms with van der Waals surface area (Å²) >= 11 is 0. The monoisotopic (exact) mass is 244 g/mol. The zero-order valence-electron chi connectivity index (χ0n) is 11.1. The third kappa shape index (κ3) is 4.21. The Hall–Kier alpha value is -1.83. The third-order valence-corrected chi connectivity index (χ3v) is 2.65. The molecule has 0 aliphatic carbocycles. The topological polar surface area (TPSA) is 26.3 Å². The number of ether oxygens (including phenoxy) is 1. The van der Waals surface area contributed by atoms with E-state index >= 15 is 0 Å². The summed E-state index contributed by atoms with van der Waals surface area (Å²) in [6.07, 6.45) is 3.85. The lowest BCUT2D eigenvalue weighted by Crippen LogP contribution is -2.21. The van der Waals surface area contributed by atoms with Crippen LogP contribution >= 0.6 is 0 Å². The van der Waals surface area contributed by atoms with Crippen molar-refractivity contribution in [3.8, 4) is 0 Å². The maximum atomic E-state index is 11.5. The van der Waals surface area contributed by atoms with Crippen LogP contribution in [0.15, 0.2) is 43.5 Å². The van der Waals surface area contributed by atoms with Crippen LogP contribution in [0.25, 0.3) is 6.08 Å². The Morgan fingerprint density at radius 2 is 1.89 bits per heavy atom. The number of esters is 1. The summed E-state index contributed by atoms with van der Waals surface area (Å²) in [4.78, 5) is 11.5. The van der Waals surface area contributed by atoms with E-state index in [1.165, 1.54) is 0 Å². The minimum absolute atomic E-state index is 0.115. The minimum atomic E-state index is -0.269. The fourth-order valence-corrected chi connectivity index (χ4v) is 1.48. The Kier molecular flexibility index (Phi) is 5.37. The van der Waals surface area contributed by atoms with Crippen molar-refractivity contribution in [3.63, 3.8) is 0 Å². The average molecular weight is 244 g/mol. The van der Waals surface area contributed by atoms with Crippen LogP contribution in [0, 0.1) is 5.92 Å². The predicted molar refractivity (Wildman–Crippen MR) is 75.2 cm³/mol. The molecule has 0 spiro atoms. The van der Waals surface area contributed by atoms with Crippen LogP contribution in [-0.4, -0.2) is 12.1 Å². The van der Waals surface area contributed by atoms with E-state index in [2.05, 4.69) is 13.2 Å². The summed E-state index contributed by atoms with van der Waals surface area (Å²) in [5.74, 6) is -0.307. The van der Waals surface area contributed by atoms with Gasteiger partial charge in [0.25, 0.3) is 0 Å². The van der Waals surface area contributed by atoms with E-state index in [1.54, 1.807) is 12.2 Å². The van der Waals surface area contributed by atoms with E-state index < -0.39 is 0 Å². The molecular formula is C16H20O2. The quantitative estimate of drug-likeness (QED) is 0.564. The van der Waals surface area contributed by atoms with Crippen LogP contribution in [0.3, 0.4) is 0 Å². The van der Waals surface area contributed by atoms with Gasteiger partial charge in [-0.15, -0.1) is 0 Å². The van der Waals surface area contributed by atoms with E-state index in [1.807, 2.05) is 38.1 Å². The number of rotatable bonds is 6. The molecule has 0 saturated carbocycles. The van der Waals surface area contributed by atoms with Gasteiger partial charge in [0.05, 0.1) is 5.92 Å². The van der Waals surface area contributed by atoms with Gasteiger partial charge in [-0.25, -0.2) is 0 Å². The zero-order valence-corrected chi connectivity index (χ0v) is 11.1. The van der Waals surface area contributed by atoms with Crippen LogP contribution < -0.4 is 0 Å². The molecule has 0 radical (unpaired) electrons. The lowest BCUT2D eigenvalue weighted by molar-refractivity contribution is -0.150. The van der Waals surface area contributed by atoms with Crippen molar-refractivity contribution in [3.05, 3.63) is 54.6 Å². The molecule has 0 aromatic heterocycles. The minimum Gasteiger partial charge on any atom is -0.458 e. The largest absolute Gasteiger partial charge is 0.458 e. The molecule has 0 aliphatic heterocycles. The first-order valence-electron chi connectivity index (χ1n) is 6.11. The molecule has 96 valence electrons. The molecular weight excluding hydrogens is 224 g/mol. The van der Waals surface area contributed by atoms with Gasteiger partial charge < -0.3 is 4.74 Å². The van der Waals surface area contributed by atoms with Crippen LogP contribution in [0.1, 0.15) is 25.0 Å². The number of carbonyl (C=O) groups is 1. The summed E-state index contributed by atoms with van der Waals surface area (Å²) in [6.45, 7) is 11.1. The summed E-state index contributed by atoms with van der Waals surface area (Å²) in [6, 6.07) is 8.01. The SMILES string of the molecule is C=Cc1ccc(C[C@H](C=C)OC(=O)C(C)C)cc1. The van der Waals surface area contributed by atoms with E-state index in [4.69, 9.17) is 4.74 Å². The van der Waals surface area contributed by atoms with Gasteiger partial charge in [0.2, 0.25) is 0 Å². The molecule has 0 amide bonds. The molecule has 0 bridgehead atoms. The smallest absolute Gasteiger partial charge is 0.308 e. The van der Waals surface area contributed by atoms with Crippen LogP contribution in [0.4, 0.5) is 0 Å². The lowest BCUT2D eigenvalue weighted by atomic mass is 10.1. The molecule has 0 saturated heterocycles. The molecule has 1 aromatic rings. The number of hydrogen-bond acceptors (Lipinski definition) is 2. The van der Waals surface area contributed by atoms with Crippen LogP contribution in [0.2, 0.25) is 0 Å². The second-order valence-corrected chi connectivity index (χ2v) is 4.52. The van der Waals surface area contributed by atoms with Crippen molar-refractivity contribution < 1.29 is 9.53 Å². The number of hydrogen-bond donors (Lipinski definition) is 0. The molecule has 18 heavy (non-hydrogen) atoms. The van der Waals surface area contributed by atoms with Gasteiger partial charge in [-0.3, -0.25) is 4.79 Å². The van der Waals surface area contributed by atoms with E-state index in [9.17, 15) is 4.79 Å². The Bertz CT molecular complexity index is 415. The highest BCUT2D eigenvalue weighted by Crippen LogP contribution is 2.11. The van der Waals surface area contributed by atoms with Crippen molar-refractivity contribution in [2.24, 2.45) is 5.92 Å². The molecule has 2 heteroatoms. The average Bonchev–Trinajstić information content (AvgIpc) is 2.38. The summed E-state index contributed by atoms with van der Waals surface area (Å²) in [5, 5.41) is 0. The number of benzene rings is 1. The predicted octanol–water partition coefficient (Wildman–Crippen LogP) is 3.63. The Morgan fingerprint density at radius 1 is 1.28 bits per heavy atom. The standard InChI is InChI=1S/C16H20O2/c1-5-13-7-9-14(10-8-13)11-15(6-2)18-16(17)12(3)4/h5-10,12,15H,1-2,11H2,3-4H3/t15-/m0/s1. The van der Waals surface area contributed by atoms with Gasteiger partial charge in [-0.05, 0) is 11.1 Å². The normalized spacial score (nSPS) is 11.9. The van der Waals surface area contributed by atoms with Gasteiger partial charge in [-0.1, -0.05) is 63.4 Å². The molecule has 2 nitrogen and oxygen atoms in total. The molecule has 1 aromatic carbocycles. The molecule has 0 heterocycles. The van der Waals surface area contributed by atoms with Crippen molar-refractivity contribution in [1.82, 2.24) is 0 Å². The zero-order chi connectivity index (χ0) is 13.5. The van der Waals surface area contributed by atoms with Crippen LogP contribution in [-0.2, 0) is 16.0 Å². The molecule has 1 atom stereocenters. The molecule has 0 aliphatic rings. The summed E-state index contributed by atoms with van der Waals surface area (Å²) in [7, 11) is 0. The van der Waals surface area contributed by atoms with Crippen molar-refractivity contribution in [1.29, 1.82) is 0 Å². The molecule has 0 fully saturated rings. The first-order chi connectivity index (χ1) is 8.56. The fraction of sp³-hybridized carbons (Fsp3) is 0.312. The van der Waals surface area contributed by atoms with Crippen molar-refractivity contribution >= 4 is 12.0 Å². The van der Waals surface area contributed by atoms with Crippen molar-refractivity contribution in [2.75, 3.05) is 0 Å². The second-order valence-electron chi connectivity index (χ2n) is 4.52. The van der Waals surface area contributed by atoms with Crippen LogP contribution in [0.5, 0.6) is 0 Å². The third-order valence-electron chi connectivity index (χ3n) is 2.65. The molecule has 0 unspecified atom stereocenters. The van der Waals surface area contributed by atoms with Gasteiger partial charge in [-0.2, -0.15) is 0 Å². The first-order valence-corrected chi connectivity index (χ1v) is 6.11. The molecule has 1 rings (SSSR count). The maximum absolute atomic E-state index is 11.5. The van der Waals surface area contributed by atoms with Gasteiger partial charge >= 0.3 is 5.97 Å². The van der Waals surface area contributed by atoms with Gasteiger partial charge in [0.1, 0.15) is 6.10 Å². The second kappa shape index (κ2) is 6.80. The summed E-state index contributed by atoms with van der Waals surface area (Å²) in [5.41, 5.74) is 2.19. The Morgan fingerprint density at radius 3 is 2.33 bits per heavy atom. The van der Waals surface area contributed by atoms with Gasteiger partial charge in [0.15, 0.2) is 0 Å². The Labute approximate surface area is 109 Å². The van der Waals surface area contributed by atoms with E-state index in [0.29, 0.717) is 6.42 Å². The lowest BCUT2D eigenvalue weighted by Gasteiger charge is -2.15. The van der Waals surface area contributed by atoms with E-state index in [-0.39, 0.29) is 18.0 Å². The van der Waals surface area contributed by atoms with E-state index in [0.717, 1.165) is 11.1 Å². The summed E-state index contributed by atoms with van der Waals surface area (Å²) < 4.78 is 5.34. The highest BCUT2D eigenvalue weighted by molar-refractivity contribution is 5.71. The van der Waals surface area contributed by atoms with Crippen molar-refractivity contribution in [2.45, 2.75) is 26.4 Å². The highest BCUT2D eigenvalue weighted by Gasteiger charge is 2.14.